The summed E-state index contributed by atoms with van der Waals surface area (Å²) in [6.45, 7) is 2.24. The number of carbonyl (C=O) groups excluding carboxylic acids is 1. The van der Waals surface area contributed by atoms with E-state index >= 15 is 0 Å². The van der Waals surface area contributed by atoms with Crippen LogP contribution in [-0.4, -0.2) is 18.5 Å². The minimum atomic E-state index is -0.974. The molecule has 3 nitrogen and oxygen atoms in total. The number of carbonyl (C=O) groups is 1. The minimum Gasteiger partial charge on any atom is -0.359 e. The average Bonchev–Trinajstić information content (AvgIpc) is 2.79. The highest BCUT2D eigenvalue weighted by Gasteiger charge is 2.27. The van der Waals surface area contributed by atoms with Crippen molar-refractivity contribution < 1.29 is 13.6 Å². The number of fused-ring (bicyclic) bond motifs is 1. The maximum absolute atomic E-state index is 13.2. The summed E-state index contributed by atoms with van der Waals surface area (Å²) in [7, 11) is 0. The molecule has 0 aromatic heterocycles. The number of nitrogens with zero attached hydrogens (tertiary/aromatic N) is 1. The van der Waals surface area contributed by atoms with Gasteiger partial charge < -0.3 is 10.2 Å². The number of nitrogens with one attached hydrogen (secondary N) is 1. The van der Waals surface area contributed by atoms with Crippen LogP contribution in [0.3, 0.4) is 0 Å². The zero-order valence-corrected chi connectivity index (χ0v) is 12.1. The number of hydrogen-bond donors (Lipinski definition) is 1. The first-order valence-electron chi connectivity index (χ1n) is 7.14. The summed E-state index contributed by atoms with van der Waals surface area (Å²) < 4.78 is 26.0. The highest BCUT2D eigenvalue weighted by molar-refractivity contribution is 5.94. The Morgan fingerprint density at radius 2 is 2.00 bits per heavy atom. The molecule has 1 atom stereocenters. The van der Waals surface area contributed by atoms with Crippen LogP contribution in [0.4, 0.5) is 20.2 Å². The van der Waals surface area contributed by atoms with E-state index < -0.39 is 11.6 Å². The number of para-hydroxylation sites is 1. The first-order chi connectivity index (χ1) is 10.5. The Hall–Kier alpha value is -2.43. The molecule has 1 amide bonds. The van der Waals surface area contributed by atoms with Crippen molar-refractivity contribution in [3.63, 3.8) is 0 Å². The average molecular weight is 302 g/mol. The molecular formula is C17H16F2N2O. The summed E-state index contributed by atoms with van der Waals surface area (Å²) in [5, 5.41) is 2.60. The monoisotopic (exact) mass is 302 g/mol. The Bertz CT molecular complexity index is 718. The molecule has 1 aliphatic rings. The molecule has 5 heteroatoms. The van der Waals surface area contributed by atoms with Gasteiger partial charge >= 0.3 is 0 Å². The van der Waals surface area contributed by atoms with Crippen LogP contribution in [0.2, 0.25) is 0 Å². The van der Waals surface area contributed by atoms with Crippen LogP contribution in [0.5, 0.6) is 0 Å². The molecule has 1 heterocycles. The van der Waals surface area contributed by atoms with Gasteiger partial charge in [-0.1, -0.05) is 18.2 Å². The van der Waals surface area contributed by atoms with Gasteiger partial charge in [-0.05, 0) is 37.1 Å². The number of benzene rings is 2. The van der Waals surface area contributed by atoms with Gasteiger partial charge in [0.2, 0.25) is 5.91 Å². The van der Waals surface area contributed by atoms with E-state index in [2.05, 4.69) is 18.3 Å². The summed E-state index contributed by atoms with van der Waals surface area (Å²) in [5.41, 5.74) is 2.52. The van der Waals surface area contributed by atoms with Crippen molar-refractivity contribution in [1.82, 2.24) is 0 Å². The van der Waals surface area contributed by atoms with Crippen LogP contribution in [0, 0.1) is 11.6 Å². The Morgan fingerprint density at radius 1 is 1.23 bits per heavy atom. The summed E-state index contributed by atoms with van der Waals surface area (Å²) in [4.78, 5) is 14.2. The highest BCUT2D eigenvalue weighted by atomic mass is 19.2. The van der Waals surface area contributed by atoms with Gasteiger partial charge in [0.25, 0.3) is 0 Å². The first kappa shape index (κ1) is 14.5. The zero-order chi connectivity index (χ0) is 15.7. The van der Waals surface area contributed by atoms with Crippen molar-refractivity contribution in [1.29, 1.82) is 0 Å². The van der Waals surface area contributed by atoms with Crippen molar-refractivity contribution in [2.75, 3.05) is 16.8 Å². The smallest absolute Gasteiger partial charge is 0.243 e. The minimum absolute atomic E-state index is 0.178. The zero-order valence-electron chi connectivity index (χ0n) is 12.1. The van der Waals surface area contributed by atoms with E-state index in [0.29, 0.717) is 0 Å². The Morgan fingerprint density at radius 3 is 2.77 bits per heavy atom. The van der Waals surface area contributed by atoms with Gasteiger partial charge in [-0.3, -0.25) is 4.79 Å². The lowest BCUT2D eigenvalue weighted by molar-refractivity contribution is -0.115. The lowest BCUT2D eigenvalue weighted by Crippen LogP contribution is -2.37. The molecular weight excluding hydrogens is 286 g/mol. The second-order valence-electron chi connectivity index (χ2n) is 5.49. The molecule has 0 radical (unpaired) electrons. The normalized spacial score (nSPS) is 16.5. The topological polar surface area (TPSA) is 32.3 Å². The van der Waals surface area contributed by atoms with E-state index in [1.165, 1.54) is 11.6 Å². The van der Waals surface area contributed by atoms with E-state index in [-0.39, 0.29) is 24.2 Å². The number of halogens is 2. The molecule has 0 saturated carbocycles. The van der Waals surface area contributed by atoms with Gasteiger partial charge in [0, 0.05) is 23.5 Å². The molecule has 22 heavy (non-hydrogen) atoms. The van der Waals surface area contributed by atoms with Crippen LogP contribution in [-0.2, 0) is 11.2 Å². The van der Waals surface area contributed by atoms with E-state index in [1.807, 2.05) is 23.1 Å². The third kappa shape index (κ3) is 2.79. The van der Waals surface area contributed by atoms with Crippen LogP contribution < -0.4 is 10.2 Å². The van der Waals surface area contributed by atoms with E-state index in [1.54, 1.807) is 0 Å². The number of anilines is 2. The van der Waals surface area contributed by atoms with E-state index in [4.69, 9.17) is 0 Å². The molecule has 2 aromatic carbocycles. The van der Waals surface area contributed by atoms with Crippen molar-refractivity contribution in [2.24, 2.45) is 0 Å². The molecule has 0 bridgehead atoms. The second kappa shape index (κ2) is 5.75. The quantitative estimate of drug-likeness (QED) is 0.943. The van der Waals surface area contributed by atoms with Crippen molar-refractivity contribution in [3.8, 4) is 0 Å². The predicted molar refractivity (Wildman–Crippen MR) is 81.9 cm³/mol. The van der Waals surface area contributed by atoms with Crippen molar-refractivity contribution in [2.45, 2.75) is 19.4 Å². The molecule has 0 aliphatic carbocycles. The molecule has 0 saturated heterocycles. The standard InChI is InChI=1S/C17H16F2N2O/c1-11-8-12-4-2-3-5-16(12)21(11)10-17(22)20-13-6-7-14(18)15(19)9-13/h2-7,9,11H,8,10H2,1H3,(H,20,22)/t11-/m0/s1. The van der Waals surface area contributed by atoms with Gasteiger partial charge in [-0.15, -0.1) is 0 Å². The molecule has 1 aliphatic heterocycles. The summed E-state index contributed by atoms with van der Waals surface area (Å²) >= 11 is 0. The van der Waals surface area contributed by atoms with Gasteiger partial charge in [0.15, 0.2) is 11.6 Å². The highest BCUT2D eigenvalue weighted by Crippen LogP contribution is 2.31. The Balaban J connectivity index is 1.70. The van der Waals surface area contributed by atoms with Crippen molar-refractivity contribution >= 4 is 17.3 Å². The fraction of sp³-hybridized carbons (Fsp3) is 0.235. The van der Waals surface area contributed by atoms with Crippen LogP contribution in [0.15, 0.2) is 42.5 Å². The van der Waals surface area contributed by atoms with E-state index in [0.717, 1.165) is 24.2 Å². The summed E-state index contributed by atoms with van der Waals surface area (Å²) in [6.07, 6.45) is 0.897. The second-order valence-corrected chi connectivity index (χ2v) is 5.49. The molecule has 0 unspecified atom stereocenters. The molecule has 2 aromatic rings. The predicted octanol–water partition coefficient (Wildman–Crippen LogP) is 3.35. The Kier molecular flexibility index (Phi) is 3.79. The number of rotatable bonds is 3. The van der Waals surface area contributed by atoms with Gasteiger partial charge in [-0.2, -0.15) is 0 Å². The molecule has 3 rings (SSSR count). The Labute approximate surface area is 127 Å². The third-order valence-corrected chi connectivity index (χ3v) is 3.87. The number of amides is 1. The maximum Gasteiger partial charge on any atom is 0.243 e. The molecule has 0 spiro atoms. The van der Waals surface area contributed by atoms with Crippen LogP contribution in [0.1, 0.15) is 12.5 Å². The fourth-order valence-electron chi connectivity index (χ4n) is 2.80. The first-order valence-corrected chi connectivity index (χ1v) is 7.14. The largest absolute Gasteiger partial charge is 0.359 e. The fourth-order valence-corrected chi connectivity index (χ4v) is 2.80. The molecule has 0 fully saturated rings. The lowest BCUT2D eigenvalue weighted by atomic mass is 10.1. The SMILES string of the molecule is C[C@H]1Cc2ccccc2N1CC(=O)Nc1ccc(F)c(F)c1. The summed E-state index contributed by atoms with van der Waals surface area (Å²) in [6, 6.07) is 11.5. The van der Waals surface area contributed by atoms with Gasteiger partial charge in [0.1, 0.15) is 0 Å². The van der Waals surface area contributed by atoms with E-state index in [9.17, 15) is 13.6 Å². The van der Waals surface area contributed by atoms with Gasteiger partial charge in [-0.25, -0.2) is 8.78 Å². The van der Waals surface area contributed by atoms with Crippen LogP contribution in [0.25, 0.3) is 0 Å². The maximum atomic E-state index is 13.2. The number of hydrogen-bond acceptors (Lipinski definition) is 2. The molecule has 1 N–H and O–H groups in total. The molecule has 114 valence electrons. The van der Waals surface area contributed by atoms with Crippen LogP contribution >= 0.6 is 0 Å². The lowest BCUT2D eigenvalue weighted by Gasteiger charge is -2.24. The third-order valence-electron chi connectivity index (χ3n) is 3.87. The van der Waals surface area contributed by atoms with Crippen molar-refractivity contribution in [3.05, 3.63) is 59.7 Å². The van der Waals surface area contributed by atoms with Gasteiger partial charge in [0.05, 0.1) is 6.54 Å². The summed E-state index contributed by atoms with van der Waals surface area (Å²) in [5.74, 6) is -2.16.